The van der Waals surface area contributed by atoms with Gasteiger partial charge >= 0.3 is 23.9 Å². The topological polar surface area (TPSA) is 40.1 Å². The molecule has 0 aromatic rings. The van der Waals surface area contributed by atoms with Gasteiger partial charge in [-0.15, -0.1) is 0 Å². The summed E-state index contributed by atoms with van der Waals surface area (Å²) in [4.78, 5) is 0. The van der Waals surface area contributed by atoms with E-state index in [9.17, 15) is 48.8 Å². The van der Waals surface area contributed by atoms with Crippen LogP contribution < -0.4 is 5.11 Å². The van der Waals surface area contributed by atoms with Gasteiger partial charge in [0.25, 0.3) is 0 Å². The summed E-state index contributed by atoms with van der Waals surface area (Å²) in [5, 5.41) is 11.6. The lowest BCUT2D eigenvalue weighted by Gasteiger charge is -2.34. The van der Waals surface area contributed by atoms with Gasteiger partial charge in [0, 0.05) is 28.7 Å². The zero-order valence-corrected chi connectivity index (χ0v) is 14.3. The first-order valence-electron chi connectivity index (χ1n) is 6.76. The van der Waals surface area contributed by atoms with Crippen LogP contribution in [0.15, 0.2) is 0 Å². The molecule has 0 spiro atoms. The molecule has 0 aromatic heterocycles. The highest BCUT2D eigenvalue weighted by Crippen LogP contribution is 2.53. The van der Waals surface area contributed by atoms with Gasteiger partial charge in [0.15, 0.2) is 0 Å². The van der Waals surface area contributed by atoms with Crippen LogP contribution in [0.2, 0.25) is 0 Å². The van der Waals surface area contributed by atoms with Crippen LogP contribution >= 0.6 is 0 Å². The first-order chi connectivity index (χ1) is 10.7. The van der Waals surface area contributed by atoms with Gasteiger partial charge in [-0.1, -0.05) is 6.10 Å². The highest BCUT2D eigenvalue weighted by Gasteiger charge is 2.81. The number of likely N-dealkylation sites (N-methyl/N-ethyl adjacent to an activating group) is 1. The summed E-state index contributed by atoms with van der Waals surface area (Å²) in [6, 6.07) is 0. The van der Waals surface area contributed by atoms with Gasteiger partial charge in [-0.05, 0) is 0 Å². The summed E-state index contributed by atoms with van der Waals surface area (Å²) in [6.07, 6.45) is -10.6. The van der Waals surface area contributed by atoms with E-state index in [-0.39, 0.29) is 11.0 Å². The van der Waals surface area contributed by atoms with E-state index < -0.39 is 58.8 Å². The number of hydrogen-bond acceptors (Lipinski definition) is 2. The zero-order valence-electron chi connectivity index (χ0n) is 13.5. The maximum absolute atomic E-state index is 13.3. The van der Waals surface area contributed by atoms with E-state index in [1.807, 2.05) is 0 Å². The Hall–Kier alpha value is -0.560. The van der Waals surface area contributed by atoms with E-state index in [0.29, 0.717) is 0 Å². The Morgan fingerprint density at radius 1 is 0.920 bits per heavy atom. The van der Waals surface area contributed by atoms with Crippen molar-refractivity contribution in [2.45, 2.75) is 36.5 Å². The Balaban J connectivity index is 4.95. The second-order valence-electron chi connectivity index (χ2n) is 6.51. The number of alkyl halides is 9. The van der Waals surface area contributed by atoms with Crippen LogP contribution in [0.4, 0.5) is 39.5 Å². The summed E-state index contributed by atoms with van der Waals surface area (Å²) in [6.45, 7) is -0.0789. The van der Waals surface area contributed by atoms with Crippen molar-refractivity contribution in [1.82, 2.24) is 0 Å². The molecule has 0 fully saturated rings. The molecule has 0 saturated carbocycles. The highest BCUT2D eigenvalue weighted by atomic mass is 32.2. The van der Waals surface area contributed by atoms with Crippen LogP contribution in [0.3, 0.4) is 0 Å². The number of halogens is 9. The molecule has 0 aliphatic rings. The molecular weight excluding hydrogens is 393 g/mol. The van der Waals surface area contributed by atoms with Crippen molar-refractivity contribution >= 4 is 10.8 Å². The molecule has 25 heavy (non-hydrogen) atoms. The fourth-order valence-corrected chi connectivity index (χ4v) is 2.93. The lowest BCUT2D eigenvalue weighted by Crippen LogP contribution is -2.61. The molecular formula is C12H18F9NO2S. The molecule has 2 unspecified atom stereocenters. The predicted octanol–water partition coefficient (Wildman–Crippen LogP) is 2.03. The molecule has 0 N–H and O–H groups in total. The molecule has 0 saturated heterocycles. The quantitative estimate of drug-likeness (QED) is 0.430. The molecule has 0 bridgehead atoms. The van der Waals surface area contributed by atoms with E-state index in [0.717, 1.165) is 0 Å². The Labute approximate surface area is 140 Å². The van der Waals surface area contributed by atoms with Crippen molar-refractivity contribution < 1.29 is 53.3 Å². The van der Waals surface area contributed by atoms with Crippen LogP contribution in [0, 0.1) is 0 Å². The first kappa shape index (κ1) is 24.4. The Morgan fingerprint density at radius 2 is 1.36 bits per heavy atom. The van der Waals surface area contributed by atoms with E-state index in [1.165, 1.54) is 0 Å². The van der Waals surface area contributed by atoms with Crippen LogP contribution in [0.25, 0.3) is 0 Å². The third kappa shape index (κ3) is 6.27. The Bertz CT molecular complexity index is 474. The third-order valence-electron chi connectivity index (χ3n) is 2.98. The lowest BCUT2D eigenvalue weighted by molar-refractivity contribution is -0.879. The first-order valence-corrected chi connectivity index (χ1v) is 8.25. The molecule has 0 radical (unpaired) electrons. The summed E-state index contributed by atoms with van der Waals surface area (Å²) < 4.78 is 125. The summed E-state index contributed by atoms with van der Waals surface area (Å²) in [7, 11) is 2.42. The van der Waals surface area contributed by atoms with Gasteiger partial charge in [-0.2, -0.15) is 39.5 Å². The summed E-state index contributed by atoms with van der Waals surface area (Å²) in [5.74, 6) is -21.5. The molecule has 152 valence electrons. The molecule has 0 aliphatic carbocycles. The number of hydrogen-bond donors (Lipinski definition) is 0. The van der Waals surface area contributed by atoms with Crippen molar-refractivity contribution in [3.05, 3.63) is 0 Å². The largest absolute Gasteiger partial charge is 0.847 e. The molecule has 0 aromatic carbocycles. The maximum atomic E-state index is 13.3. The average Bonchev–Trinajstić information content (AvgIpc) is 2.32. The summed E-state index contributed by atoms with van der Waals surface area (Å²) in [5.41, 5.74) is 0. The lowest BCUT2D eigenvalue weighted by atomic mass is 10.0. The molecule has 13 heteroatoms. The normalized spacial score (nSPS) is 17.5. The van der Waals surface area contributed by atoms with E-state index in [1.54, 1.807) is 21.1 Å². The van der Waals surface area contributed by atoms with Crippen molar-refractivity contribution in [1.29, 1.82) is 0 Å². The third-order valence-corrected chi connectivity index (χ3v) is 4.38. The molecule has 0 amide bonds. The van der Waals surface area contributed by atoms with Crippen LogP contribution in [0.5, 0.6) is 0 Å². The van der Waals surface area contributed by atoms with E-state index >= 15 is 0 Å². The maximum Gasteiger partial charge on any atom is 0.460 e. The second kappa shape index (κ2) is 7.59. The van der Waals surface area contributed by atoms with Crippen LogP contribution in [-0.4, -0.2) is 77.9 Å². The van der Waals surface area contributed by atoms with Crippen molar-refractivity contribution in [3.63, 3.8) is 0 Å². The smallest absolute Gasteiger partial charge is 0.460 e. The van der Waals surface area contributed by atoms with E-state index in [2.05, 4.69) is 0 Å². The number of rotatable bonds is 9. The zero-order chi connectivity index (χ0) is 20.5. The standard InChI is InChI=1S/C12H18F9NO2S/c1-22(2,3)6-8(23)7-25(24)5-4-9(13,14)10(15,16)11(17,18)12(19,20)21/h8H,4-7H2,1-3H3. The number of quaternary nitrogens is 1. The molecule has 0 heterocycles. The van der Waals surface area contributed by atoms with Gasteiger partial charge in [0.1, 0.15) is 0 Å². The Kier molecular flexibility index (Phi) is 7.42. The Morgan fingerprint density at radius 3 is 1.72 bits per heavy atom. The van der Waals surface area contributed by atoms with Gasteiger partial charge in [0.2, 0.25) is 0 Å². The molecule has 3 nitrogen and oxygen atoms in total. The van der Waals surface area contributed by atoms with Crippen molar-refractivity contribution in [2.75, 3.05) is 39.2 Å². The minimum Gasteiger partial charge on any atom is -0.847 e. The van der Waals surface area contributed by atoms with Crippen LogP contribution in [-0.2, 0) is 10.8 Å². The molecule has 2 atom stereocenters. The average molecular weight is 411 g/mol. The fraction of sp³-hybridized carbons (Fsp3) is 1.00. The summed E-state index contributed by atoms with van der Waals surface area (Å²) >= 11 is 0. The number of nitrogens with zero attached hydrogens (tertiary/aromatic N) is 1. The molecule has 0 rings (SSSR count). The molecule has 0 aliphatic heterocycles. The van der Waals surface area contributed by atoms with Gasteiger partial charge in [-0.3, -0.25) is 4.21 Å². The SMILES string of the molecule is C[N+](C)(C)CC([O-])CS(=O)CCC(F)(F)C(F)(F)C(F)(F)C(F)(F)F. The second-order valence-corrected chi connectivity index (χ2v) is 8.13. The van der Waals surface area contributed by atoms with Gasteiger partial charge < -0.3 is 9.59 Å². The minimum absolute atomic E-state index is 0.0789. The highest BCUT2D eigenvalue weighted by molar-refractivity contribution is 7.85. The van der Waals surface area contributed by atoms with Gasteiger partial charge in [0.05, 0.1) is 27.7 Å². The van der Waals surface area contributed by atoms with Gasteiger partial charge in [-0.25, -0.2) is 0 Å². The van der Waals surface area contributed by atoms with Crippen LogP contribution in [0.1, 0.15) is 6.42 Å². The monoisotopic (exact) mass is 411 g/mol. The van der Waals surface area contributed by atoms with Crippen molar-refractivity contribution in [2.24, 2.45) is 0 Å². The fourth-order valence-electron chi connectivity index (χ4n) is 1.76. The predicted molar refractivity (Wildman–Crippen MR) is 70.1 cm³/mol. The minimum atomic E-state index is -6.96. The van der Waals surface area contributed by atoms with Crippen molar-refractivity contribution in [3.8, 4) is 0 Å². The van der Waals surface area contributed by atoms with E-state index in [4.69, 9.17) is 0 Å².